The normalized spacial score (nSPS) is 16.3. The molecule has 1 saturated heterocycles. The van der Waals surface area contributed by atoms with E-state index in [1.54, 1.807) is 12.1 Å². The maximum atomic E-state index is 9.51. The van der Waals surface area contributed by atoms with Gasteiger partial charge in [-0.3, -0.25) is 4.90 Å². The van der Waals surface area contributed by atoms with E-state index < -0.39 is 0 Å². The number of rotatable bonds is 4. The van der Waals surface area contributed by atoms with Gasteiger partial charge in [-0.2, -0.15) is 0 Å². The lowest BCUT2D eigenvalue weighted by Gasteiger charge is -2.40. The molecule has 0 amide bonds. The summed E-state index contributed by atoms with van der Waals surface area (Å²) in [6, 6.07) is 26.6. The van der Waals surface area contributed by atoms with Crippen LogP contribution in [0.2, 0.25) is 5.02 Å². The smallest absolute Gasteiger partial charge is 0.115 e. The second kappa shape index (κ2) is 8.03. The van der Waals surface area contributed by atoms with Crippen molar-refractivity contribution in [1.82, 2.24) is 4.90 Å². The summed E-state index contributed by atoms with van der Waals surface area (Å²) in [6.07, 6.45) is 0. The van der Waals surface area contributed by atoms with E-state index in [1.807, 2.05) is 24.3 Å². The fourth-order valence-corrected chi connectivity index (χ4v) is 3.92. The molecule has 1 aliphatic rings. The van der Waals surface area contributed by atoms with E-state index in [0.717, 1.165) is 36.9 Å². The molecule has 0 saturated carbocycles. The molecule has 138 valence electrons. The van der Waals surface area contributed by atoms with Crippen LogP contribution in [0, 0.1) is 0 Å². The summed E-state index contributed by atoms with van der Waals surface area (Å²) < 4.78 is 0. The van der Waals surface area contributed by atoms with Gasteiger partial charge in [0, 0.05) is 36.9 Å². The molecular formula is C23H23ClN2O. The van der Waals surface area contributed by atoms with Crippen LogP contribution in [-0.4, -0.2) is 36.2 Å². The van der Waals surface area contributed by atoms with E-state index in [1.165, 1.54) is 11.1 Å². The summed E-state index contributed by atoms with van der Waals surface area (Å²) in [5.74, 6) is 0.310. The van der Waals surface area contributed by atoms with Crippen LogP contribution in [0.25, 0.3) is 0 Å². The molecule has 4 rings (SSSR count). The number of hydrogen-bond acceptors (Lipinski definition) is 3. The Morgan fingerprint density at radius 2 is 1.30 bits per heavy atom. The Hall–Kier alpha value is -2.49. The third-order valence-corrected chi connectivity index (χ3v) is 5.45. The topological polar surface area (TPSA) is 26.7 Å². The second-order valence-corrected chi connectivity index (χ2v) is 7.34. The molecule has 0 unspecified atom stereocenters. The molecule has 4 heteroatoms. The number of piperazine rings is 1. The lowest BCUT2D eigenvalue weighted by Crippen LogP contribution is -2.47. The van der Waals surface area contributed by atoms with Crippen molar-refractivity contribution < 1.29 is 5.11 Å². The molecule has 3 nitrogen and oxygen atoms in total. The fourth-order valence-electron chi connectivity index (χ4n) is 3.80. The first-order valence-corrected chi connectivity index (χ1v) is 9.67. The minimum Gasteiger partial charge on any atom is -0.508 e. The monoisotopic (exact) mass is 378 g/mol. The van der Waals surface area contributed by atoms with Gasteiger partial charge in [0.25, 0.3) is 0 Å². The fraction of sp³-hybridized carbons (Fsp3) is 0.217. The van der Waals surface area contributed by atoms with Crippen LogP contribution in [0.3, 0.4) is 0 Å². The van der Waals surface area contributed by atoms with Gasteiger partial charge in [-0.05, 0) is 47.5 Å². The van der Waals surface area contributed by atoms with Crippen molar-refractivity contribution in [2.45, 2.75) is 6.04 Å². The van der Waals surface area contributed by atoms with Crippen molar-refractivity contribution in [3.8, 4) is 5.75 Å². The third kappa shape index (κ3) is 4.10. The number of benzene rings is 3. The van der Waals surface area contributed by atoms with Crippen LogP contribution in [0.15, 0.2) is 78.9 Å². The number of aromatic hydroxyl groups is 1. The minimum absolute atomic E-state index is 0.227. The minimum atomic E-state index is 0.227. The highest BCUT2D eigenvalue weighted by Crippen LogP contribution is 2.31. The lowest BCUT2D eigenvalue weighted by atomic mass is 9.96. The van der Waals surface area contributed by atoms with Gasteiger partial charge in [-0.1, -0.05) is 54.1 Å². The predicted molar refractivity (Wildman–Crippen MR) is 112 cm³/mol. The molecule has 0 spiro atoms. The van der Waals surface area contributed by atoms with Gasteiger partial charge in [0.15, 0.2) is 0 Å². The van der Waals surface area contributed by atoms with E-state index in [0.29, 0.717) is 5.75 Å². The zero-order valence-corrected chi connectivity index (χ0v) is 15.9. The summed E-state index contributed by atoms with van der Waals surface area (Å²) >= 11 is 6.11. The van der Waals surface area contributed by atoms with Gasteiger partial charge in [0.05, 0.1) is 6.04 Å². The first kappa shape index (κ1) is 17.9. The molecule has 3 aromatic rings. The van der Waals surface area contributed by atoms with Crippen molar-refractivity contribution >= 4 is 17.3 Å². The van der Waals surface area contributed by atoms with Gasteiger partial charge in [-0.25, -0.2) is 0 Å². The van der Waals surface area contributed by atoms with Crippen molar-refractivity contribution in [2.24, 2.45) is 0 Å². The Bertz CT molecular complexity index is 857. The number of nitrogens with zero attached hydrogens (tertiary/aromatic N) is 2. The molecule has 1 aliphatic heterocycles. The third-order valence-electron chi connectivity index (χ3n) is 5.20. The first-order valence-electron chi connectivity index (χ1n) is 9.29. The van der Waals surface area contributed by atoms with E-state index in [-0.39, 0.29) is 6.04 Å². The van der Waals surface area contributed by atoms with Gasteiger partial charge >= 0.3 is 0 Å². The van der Waals surface area contributed by atoms with Gasteiger partial charge in [-0.15, -0.1) is 0 Å². The Labute approximate surface area is 165 Å². The van der Waals surface area contributed by atoms with Gasteiger partial charge in [0.2, 0.25) is 0 Å². The van der Waals surface area contributed by atoms with E-state index in [4.69, 9.17) is 11.6 Å². The van der Waals surface area contributed by atoms with E-state index in [2.05, 4.69) is 52.3 Å². The van der Waals surface area contributed by atoms with Crippen molar-refractivity contribution in [3.63, 3.8) is 0 Å². The summed E-state index contributed by atoms with van der Waals surface area (Å²) in [5.41, 5.74) is 3.73. The average Bonchev–Trinajstić information content (AvgIpc) is 2.72. The zero-order valence-electron chi connectivity index (χ0n) is 15.1. The zero-order chi connectivity index (χ0) is 18.6. The molecule has 0 aromatic heterocycles. The summed E-state index contributed by atoms with van der Waals surface area (Å²) in [4.78, 5) is 4.91. The Morgan fingerprint density at radius 3 is 1.93 bits per heavy atom. The quantitative estimate of drug-likeness (QED) is 0.695. The summed E-state index contributed by atoms with van der Waals surface area (Å²) in [5, 5.41) is 10.3. The number of anilines is 1. The highest BCUT2D eigenvalue weighted by molar-refractivity contribution is 6.30. The van der Waals surface area contributed by atoms with Crippen molar-refractivity contribution in [2.75, 3.05) is 31.1 Å². The molecule has 27 heavy (non-hydrogen) atoms. The molecule has 1 atom stereocenters. The summed E-state index contributed by atoms with van der Waals surface area (Å²) in [6.45, 7) is 3.87. The van der Waals surface area contributed by atoms with Crippen LogP contribution in [0.5, 0.6) is 5.75 Å². The Morgan fingerprint density at radius 1 is 0.704 bits per heavy atom. The molecule has 1 fully saturated rings. The van der Waals surface area contributed by atoms with Gasteiger partial charge in [0.1, 0.15) is 5.75 Å². The Kier molecular flexibility index (Phi) is 5.33. The number of phenolic OH excluding ortho intramolecular Hbond substituents is 1. The summed E-state index contributed by atoms with van der Waals surface area (Å²) in [7, 11) is 0. The van der Waals surface area contributed by atoms with Crippen LogP contribution < -0.4 is 4.90 Å². The predicted octanol–water partition coefficient (Wildman–Crippen LogP) is 4.96. The van der Waals surface area contributed by atoms with Crippen molar-refractivity contribution in [3.05, 3.63) is 95.0 Å². The van der Waals surface area contributed by atoms with Crippen LogP contribution in [0.1, 0.15) is 17.2 Å². The second-order valence-electron chi connectivity index (χ2n) is 6.90. The average molecular weight is 379 g/mol. The maximum absolute atomic E-state index is 9.51. The molecule has 0 aliphatic carbocycles. The molecule has 0 radical (unpaired) electrons. The van der Waals surface area contributed by atoms with Crippen LogP contribution in [-0.2, 0) is 0 Å². The maximum Gasteiger partial charge on any atom is 0.115 e. The van der Waals surface area contributed by atoms with Gasteiger partial charge < -0.3 is 10.0 Å². The number of halogens is 1. The number of phenols is 1. The van der Waals surface area contributed by atoms with Crippen LogP contribution >= 0.6 is 11.6 Å². The SMILES string of the molecule is Oc1ccc(N2CCN([C@H](c3ccccc3)c3ccc(Cl)cc3)CC2)cc1. The first-order chi connectivity index (χ1) is 13.2. The number of hydrogen-bond donors (Lipinski definition) is 1. The van der Waals surface area contributed by atoms with Crippen LogP contribution in [0.4, 0.5) is 5.69 Å². The van der Waals surface area contributed by atoms with Crippen molar-refractivity contribution in [1.29, 1.82) is 0 Å². The lowest BCUT2D eigenvalue weighted by molar-refractivity contribution is 0.212. The highest BCUT2D eigenvalue weighted by Gasteiger charge is 2.26. The molecule has 1 N–H and O–H groups in total. The highest BCUT2D eigenvalue weighted by atomic mass is 35.5. The Balaban J connectivity index is 1.55. The molecule has 3 aromatic carbocycles. The standard InChI is InChI=1S/C23H23ClN2O/c24-20-8-6-19(7-9-20)23(18-4-2-1-3-5-18)26-16-14-25(15-17-26)21-10-12-22(27)13-11-21/h1-13,23,27H,14-17H2/t23-/m1/s1. The molecule has 0 bridgehead atoms. The largest absolute Gasteiger partial charge is 0.508 e. The molecule has 1 heterocycles. The van der Waals surface area contributed by atoms with E-state index in [9.17, 15) is 5.11 Å². The molecular weight excluding hydrogens is 356 g/mol. The van der Waals surface area contributed by atoms with E-state index >= 15 is 0 Å².